The lowest BCUT2D eigenvalue weighted by Gasteiger charge is -2.08. The number of sulfonamides is 1. The number of hydrogen-bond acceptors (Lipinski definition) is 6. The number of benzene rings is 1. The van der Waals surface area contributed by atoms with E-state index in [0.29, 0.717) is 12.4 Å². The third-order valence-electron chi connectivity index (χ3n) is 4.12. The molecule has 28 heavy (non-hydrogen) atoms. The zero-order chi connectivity index (χ0) is 20.0. The van der Waals surface area contributed by atoms with Crippen molar-refractivity contribution in [2.75, 3.05) is 6.61 Å². The summed E-state index contributed by atoms with van der Waals surface area (Å²) in [5.41, 5.74) is 1.73. The third-order valence-corrected chi connectivity index (χ3v) is 6.75. The molecule has 2 aromatic heterocycles. The lowest BCUT2D eigenvalue weighted by molar-refractivity contribution is 0.309. The number of aryl methyl sites for hydroxylation is 1. The Morgan fingerprint density at radius 3 is 2.64 bits per heavy atom. The van der Waals surface area contributed by atoms with Crippen LogP contribution in [-0.2, 0) is 16.6 Å². The van der Waals surface area contributed by atoms with Gasteiger partial charge in [-0.1, -0.05) is 13.3 Å². The quantitative estimate of drug-likeness (QED) is 0.529. The van der Waals surface area contributed by atoms with Crippen molar-refractivity contribution in [2.24, 2.45) is 0 Å². The molecule has 1 aromatic carbocycles. The maximum atomic E-state index is 12.6. The molecule has 6 nitrogen and oxygen atoms in total. The van der Waals surface area contributed by atoms with Crippen LogP contribution < -0.4 is 9.46 Å². The number of aromatic nitrogens is 2. The Balaban J connectivity index is 1.66. The minimum absolute atomic E-state index is 0.195. The molecule has 0 unspecified atom stereocenters. The standard InChI is InChI=1S/C20H23N3O3S2/c1-3-4-12-26-17-7-9-18(10-8-17)28(24,25)22-14-19-15(2)23-20(27-19)16-6-5-11-21-13-16/h5-11,13,22H,3-4,12,14H2,1-2H3. The van der Waals surface area contributed by atoms with Crippen LogP contribution in [0.3, 0.4) is 0 Å². The van der Waals surface area contributed by atoms with Gasteiger partial charge < -0.3 is 4.74 Å². The molecule has 0 saturated carbocycles. The van der Waals surface area contributed by atoms with E-state index in [9.17, 15) is 8.42 Å². The molecule has 3 rings (SSSR count). The largest absolute Gasteiger partial charge is 0.494 e. The smallest absolute Gasteiger partial charge is 0.240 e. The van der Waals surface area contributed by atoms with Crippen molar-refractivity contribution in [3.63, 3.8) is 0 Å². The van der Waals surface area contributed by atoms with Gasteiger partial charge in [-0.25, -0.2) is 18.1 Å². The van der Waals surface area contributed by atoms with Crippen LogP contribution in [0.5, 0.6) is 5.75 Å². The van der Waals surface area contributed by atoms with Gasteiger partial charge in [0.1, 0.15) is 10.8 Å². The van der Waals surface area contributed by atoms with E-state index in [1.165, 1.54) is 11.3 Å². The minimum atomic E-state index is -3.61. The average Bonchev–Trinajstić information content (AvgIpc) is 3.09. The van der Waals surface area contributed by atoms with E-state index in [-0.39, 0.29) is 11.4 Å². The van der Waals surface area contributed by atoms with Crippen LogP contribution in [0, 0.1) is 6.92 Å². The Bertz CT molecular complexity index is 1000. The first-order chi connectivity index (χ1) is 13.5. The maximum Gasteiger partial charge on any atom is 0.240 e. The highest BCUT2D eigenvalue weighted by Crippen LogP contribution is 2.27. The molecule has 8 heteroatoms. The molecular formula is C20H23N3O3S2. The summed E-state index contributed by atoms with van der Waals surface area (Å²) in [5.74, 6) is 0.673. The second-order valence-electron chi connectivity index (χ2n) is 6.27. The summed E-state index contributed by atoms with van der Waals surface area (Å²) in [5, 5.41) is 0.827. The van der Waals surface area contributed by atoms with Gasteiger partial charge in [-0.3, -0.25) is 4.98 Å². The normalized spacial score (nSPS) is 11.5. The molecule has 0 radical (unpaired) electrons. The fourth-order valence-corrected chi connectivity index (χ4v) is 4.58. The molecule has 0 spiro atoms. The van der Waals surface area contributed by atoms with Crippen LogP contribution in [0.2, 0.25) is 0 Å². The maximum absolute atomic E-state index is 12.6. The van der Waals surface area contributed by atoms with E-state index >= 15 is 0 Å². The highest BCUT2D eigenvalue weighted by molar-refractivity contribution is 7.89. The van der Waals surface area contributed by atoms with Gasteiger partial charge in [0.05, 0.1) is 17.2 Å². The molecular weight excluding hydrogens is 394 g/mol. The summed E-state index contributed by atoms with van der Waals surface area (Å²) in [6.07, 6.45) is 5.47. The number of thiazole rings is 1. The second-order valence-corrected chi connectivity index (χ2v) is 9.12. The number of unbranched alkanes of at least 4 members (excludes halogenated alkanes) is 1. The Morgan fingerprint density at radius 2 is 1.96 bits per heavy atom. The van der Waals surface area contributed by atoms with Crippen molar-refractivity contribution in [1.29, 1.82) is 0 Å². The SMILES string of the molecule is CCCCOc1ccc(S(=O)(=O)NCc2sc(-c3cccnc3)nc2C)cc1. The monoisotopic (exact) mass is 417 g/mol. The van der Waals surface area contributed by atoms with Gasteiger partial charge in [0.15, 0.2) is 0 Å². The van der Waals surface area contributed by atoms with Crippen LogP contribution in [0.15, 0.2) is 53.7 Å². The molecule has 0 saturated heterocycles. The molecule has 0 atom stereocenters. The number of rotatable bonds is 9. The van der Waals surface area contributed by atoms with E-state index in [2.05, 4.69) is 21.6 Å². The molecule has 0 aliphatic heterocycles. The van der Waals surface area contributed by atoms with Crippen molar-refractivity contribution in [2.45, 2.75) is 38.1 Å². The summed E-state index contributed by atoms with van der Waals surface area (Å²) < 4.78 is 33.4. The van der Waals surface area contributed by atoms with Gasteiger partial charge in [0, 0.05) is 29.4 Å². The molecule has 3 aromatic rings. The Hall–Kier alpha value is -2.29. The summed E-state index contributed by atoms with van der Waals surface area (Å²) in [7, 11) is -3.61. The predicted molar refractivity (Wildman–Crippen MR) is 111 cm³/mol. The van der Waals surface area contributed by atoms with Gasteiger partial charge in [-0.15, -0.1) is 11.3 Å². The Morgan fingerprint density at radius 1 is 1.18 bits per heavy atom. The van der Waals surface area contributed by atoms with Crippen molar-refractivity contribution >= 4 is 21.4 Å². The van der Waals surface area contributed by atoms with Gasteiger partial charge in [0.25, 0.3) is 0 Å². The lowest BCUT2D eigenvalue weighted by Crippen LogP contribution is -2.23. The van der Waals surface area contributed by atoms with E-state index in [0.717, 1.165) is 34.0 Å². The Kier molecular flexibility index (Phi) is 6.77. The fourth-order valence-electron chi connectivity index (χ4n) is 2.50. The molecule has 0 amide bonds. The van der Waals surface area contributed by atoms with E-state index in [1.54, 1.807) is 36.7 Å². The minimum Gasteiger partial charge on any atom is -0.494 e. The molecule has 148 valence electrons. The summed E-state index contributed by atoms with van der Waals surface area (Å²) >= 11 is 1.46. The van der Waals surface area contributed by atoms with Crippen LogP contribution in [-0.4, -0.2) is 25.0 Å². The average molecular weight is 418 g/mol. The number of pyridine rings is 1. The first-order valence-corrected chi connectivity index (χ1v) is 11.4. The zero-order valence-corrected chi connectivity index (χ0v) is 17.5. The lowest BCUT2D eigenvalue weighted by atomic mass is 10.3. The number of nitrogens with zero attached hydrogens (tertiary/aromatic N) is 2. The molecule has 2 heterocycles. The van der Waals surface area contributed by atoms with Crippen LogP contribution in [0.25, 0.3) is 10.6 Å². The van der Waals surface area contributed by atoms with E-state index in [4.69, 9.17) is 4.74 Å². The number of ether oxygens (including phenoxy) is 1. The first-order valence-electron chi connectivity index (χ1n) is 9.09. The summed E-state index contributed by atoms with van der Waals surface area (Å²) in [6, 6.07) is 10.3. The predicted octanol–water partition coefficient (Wildman–Crippen LogP) is 4.17. The van der Waals surface area contributed by atoms with Crippen molar-refractivity contribution < 1.29 is 13.2 Å². The number of hydrogen-bond donors (Lipinski definition) is 1. The summed E-state index contributed by atoms with van der Waals surface area (Å²) in [4.78, 5) is 9.72. The van der Waals surface area contributed by atoms with Crippen molar-refractivity contribution in [1.82, 2.24) is 14.7 Å². The van der Waals surface area contributed by atoms with Crippen LogP contribution >= 0.6 is 11.3 Å². The summed E-state index contributed by atoms with van der Waals surface area (Å²) in [6.45, 7) is 4.79. The Labute approximate surface area is 169 Å². The highest BCUT2D eigenvalue weighted by atomic mass is 32.2. The number of nitrogens with one attached hydrogen (secondary N) is 1. The first kappa shape index (κ1) is 20.4. The zero-order valence-electron chi connectivity index (χ0n) is 15.9. The van der Waals surface area contributed by atoms with Crippen molar-refractivity contribution in [3.05, 3.63) is 59.4 Å². The van der Waals surface area contributed by atoms with Gasteiger partial charge in [0.2, 0.25) is 10.0 Å². The molecule has 0 fully saturated rings. The van der Waals surface area contributed by atoms with Crippen LogP contribution in [0.1, 0.15) is 30.3 Å². The van der Waals surface area contributed by atoms with Gasteiger partial charge >= 0.3 is 0 Å². The third kappa shape index (κ3) is 5.15. The van der Waals surface area contributed by atoms with Crippen molar-refractivity contribution in [3.8, 4) is 16.3 Å². The second kappa shape index (κ2) is 9.27. The molecule has 0 aliphatic rings. The van der Waals surface area contributed by atoms with Crippen LogP contribution in [0.4, 0.5) is 0 Å². The highest BCUT2D eigenvalue weighted by Gasteiger charge is 2.16. The van der Waals surface area contributed by atoms with E-state index < -0.39 is 10.0 Å². The molecule has 0 bridgehead atoms. The van der Waals surface area contributed by atoms with E-state index in [1.807, 2.05) is 19.1 Å². The molecule has 1 N–H and O–H groups in total. The topological polar surface area (TPSA) is 81.2 Å². The molecule has 0 aliphatic carbocycles. The fraction of sp³-hybridized carbons (Fsp3) is 0.300. The van der Waals surface area contributed by atoms with Gasteiger partial charge in [-0.05, 0) is 49.7 Å². The van der Waals surface area contributed by atoms with Gasteiger partial charge in [-0.2, -0.15) is 0 Å².